The van der Waals surface area contributed by atoms with E-state index in [2.05, 4.69) is 25.6 Å². The lowest BCUT2D eigenvalue weighted by Crippen LogP contribution is -2.20. The standard InChI is InChI=1S/C21H17F3N6O2S/c1-12-6-8-13(9-7-12)10-16-18(32)26-19-27-28-20(30(19)29-16)33-11-17(31)25-15-5-3-2-4-14(15)21(22,23)24/h2-9H,10-11H2,1H3,(H,25,31)(H,26,27,32). The Labute approximate surface area is 189 Å². The zero-order chi connectivity index (χ0) is 23.6. The smallest absolute Gasteiger partial charge is 0.325 e. The molecule has 0 aliphatic carbocycles. The summed E-state index contributed by atoms with van der Waals surface area (Å²) in [7, 11) is 0. The Morgan fingerprint density at radius 2 is 1.85 bits per heavy atom. The molecule has 2 heterocycles. The first kappa shape index (κ1) is 22.5. The summed E-state index contributed by atoms with van der Waals surface area (Å²) in [4.78, 5) is 27.2. The summed E-state index contributed by atoms with van der Waals surface area (Å²) < 4.78 is 40.6. The van der Waals surface area contributed by atoms with Gasteiger partial charge in [0.15, 0.2) is 0 Å². The number of para-hydroxylation sites is 1. The van der Waals surface area contributed by atoms with Gasteiger partial charge >= 0.3 is 6.18 Å². The first-order valence-corrected chi connectivity index (χ1v) is 10.7. The van der Waals surface area contributed by atoms with Gasteiger partial charge in [0, 0.05) is 6.42 Å². The van der Waals surface area contributed by atoms with Gasteiger partial charge in [0.05, 0.1) is 17.0 Å². The molecular weight excluding hydrogens is 457 g/mol. The van der Waals surface area contributed by atoms with Crippen LogP contribution in [0.4, 0.5) is 18.9 Å². The Balaban J connectivity index is 1.50. The zero-order valence-corrected chi connectivity index (χ0v) is 18.0. The van der Waals surface area contributed by atoms with Gasteiger partial charge in [-0.1, -0.05) is 53.7 Å². The molecule has 0 radical (unpaired) electrons. The van der Waals surface area contributed by atoms with Gasteiger partial charge in [-0.3, -0.25) is 14.6 Å². The van der Waals surface area contributed by atoms with Gasteiger partial charge in [-0.25, -0.2) is 0 Å². The average molecular weight is 474 g/mol. The summed E-state index contributed by atoms with van der Waals surface area (Å²) in [5.74, 6) is -0.795. The number of halogens is 3. The van der Waals surface area contributed by atoms with Crippen molar-refractivity contribution in [1.29, 1.82) is 0 Å². The number of amides is 1. The van der Waals surface area contributed by atoms with Crippen LogP contribution in [0.3, 0.4) is 0 Å². The first-order chi connectivity index (χ1) is 15.7. The van der Waals surface area contributed by atoms with Gasteiger partial charge < -0.3 is 5.32 Å². The maximum absolute atomic E-state index is 13.1. The van der Waals surface area contributed by atoms with Crippen LogP contribution in [-0.2, 0) is 17.4 Å². The van der Waals surface area contributed by atoms with Gasteiger partial charge in [-0.05, 0) is 24.6 Å². The van der Waals surface area contributed by atoms with E-state index in [9.17, 15) is 22.8 Å². The van der Waals surface area contributed by atoms with E-state index in [-0.39, 0.29) is 34.5 Å². The third kappa shape index (κ3) is 5.22. The number of hydrogen-bond donors (Lipinski definition) is 2. The van der Waals surface area contributed by atoms with E-state index in [1.807, 2.05) is 31.2 Å². The van der Waals surface area contributed by atoms with Crippen molar-refractivity contribution in [1.82, 2.24) is 24.8 Å². The Morgan fingerprint density at radius 3 is 2.58 bits per heavy atom. The predicted molar refractivity (Wildman–Crippen MR) is 116 cm³/mol. The summed E-state index contributed by atoms with van der Waals surface area (Å²) in [6, 6.07) is 12.4. The highest BCUT2D eigenvalue weighted by Gasteiger charge is 2.33. The number of aryl methyl sites for hydroxylation is 1. The molecule has 4 rings (SSSR count). The predicted octanol–water partition coefficient (Wildman–Crippen LogP) is 3.46. The van der Waals surface area contributed by atoms with Crippen molar-refractivity contribution < 1.29 is 18.0 Å². The second-order valence-electron chi connectivity index (χ2n) is 7.16. The highest BCUT2D eigenvalue weighted by molar-refractivity contribution is 7.99. The molecule has 12 heteroatoms. The number of hydrogen-bond acceptors (Lipinski definition) is 6. The van der Waals surface area contributed by atoms with Crippen LogP contribution >= 0.6 is 11.8 Å². The van der Waals surface area contributed by atoms with Crippen molar-refractivity contribution >= 4 is 29.1 Å². The molecule has 0 atom stereocenters. The Bertz CT molecular complexity index is 1370. The minimum Gasteiger partial charge on any atom is -0.325 e. The molecule has 0 saturated carbocycles. The van der Waals surface area contributed by atoms with Crippen molar-refractivity contribution in [3.05, 3.63) is 81.3 Å². The number of benzene rings is 2. The molecule has 170 valence electrons. The van der Waals surface area contributed by atoms with Crippen LogP contribution in [0.15, 0.2) is 58.5 Å². The topological polar surface area (TPSA) is 105 Å². The normalized spacial score (nSPS) is 11.6. The van der Waals surface area contributed by atoms with Gasteiger partial charge in [0.1, 0.15) is 5.69 Å². The molecule has 2 aromatic carbocycles. The number of nitrogens with zero attached hydrogens (tertiary/aromatic N) is 4. The number of fused-ring (bicyclic) bond motifs is 1. The molecule has 0 unspecified atom stereocenters. The van der Waals surface area contributed by atoms with Crippen LogP contribution in [0.5, 0.6) is 0 Å². The van der Waals surface area contributed by atoms with Crippen molar-refractivity contribution in [2.75, 3.05) is 11.1 Å². The molecule has 33 heavy (non-hydrogen) atoms. The van der Waals surface area contributed by atoms with E-state index in [1.54, 1.807) is 0 Å². The van der Waals surface area contributed by atoms with E-state index in [0.717, 1.165) is 29.0 Å². The molecule has 8 nitrogen and oxygen atoms in total. The highest BCUT2D eigenvalue weighted by Crippen LogP contribution is 2.34. The number of H-pyrrole nitrogens is 1. The van der Waals surface area contributed by atoms with Crippen LogP contribution in [0.1, 0.15) is 22.4 Å². The fourth-order valence-electron chi connectivity index (χ4n) is 3.03. The molecular formula is C21H17F3N6O2S. The molecule has 0 saturated heterocycles. The SMILES string of the molecule is Cc1ccc(Cc2nn3c(SCC(=O)Nc4ccccc4C(F)(F)F)nnc3[nH]c2=O)cc1. The second-order valence-corrected chi connectivity index (χ2v) is 8.10. The fraction of sp³-hybridized carbons (Fsp3) is 0.190. The molecule has 4 aromatic rings. The van der Waals surface area contributed by atoms with E-state index in [1.165, 1.54) is 22.7 Å². The number of aromatic nitrogens is 5. The summed E-state index contributed by atoms with van der Waals surface area (Å²) in [6.45, 7) is 1.96. The van der Waals surface area contributed by atoms with Gasteiger partial charge in [-0.2, -0.15) is 22.8 Å². The molecule has 0 spiro atoms. The molecule has 0 aliphatic rings. The number of rotatable bonds is 6. The molecule has 2 N–H and O–H groups in total. The van der Waals surface area contributed by atoms with E-state index >= 15 is 0 Å². The average Bonchev–Trinajstić information content (AvgIpc) is 3.15. The summed E-state index contributed by atoms with van der Waals surface area (Å²) >= 11 is 0.932. The summed E-state index contributed by atoms with van der Waals surface area (Å²) in [5, 5.41) is 14.5. The fourth-order valence-corrected chi connectivity index (χ4v) is 3.71. The number of anilines is 1. The molecule has 0 fully saturated rings. The van der Waals surface area contributed by atoms with Crippen LogP contribution in [0.2, 0.25) is 0 Å². The van der Waals surface area contributed by atoms with Crippen LogP contribution in [0.25, 0.3) is 5.78 Å². The van der Waals surface area contributed by atoms with Crippen LogP contribution in [-0.4, -0.2) is 36.5 Å². The lowest BCUT2D eigenvalue weighted by molar-refractivity contribution is -0.137. The number of thioether (sulfide) groups is 1. The molecule has 0 aliphatic heterocycles. The van der Waals surface area contributed by atoms with Gasteiger partial charge in [-0.15, -0.1) is 10.2 Å². The van der Waals surface area contributed by atoms with Crippen LogP contribution < -0.4 is 10.9 Å². The van der Waals surface area contributed by atoms with Crippen molar-refractivity contribution in [2.24, 2.45) is 0 Å². The number of aromatic amines is 1. The Hall–Kier alpha value is -3.67. The minimum absolute atomic E-state index is 0.0954. The lowest BCUT2D eigenvalue weighted by atomic mass is 10.1. The third-order valence-electron chi connectivity index (χ3n) is 4.65. The lowest BCUT2D eigenvalue weighted by Gasteiger charge is -2.13. The summed E-state index contributed by atoms with van der Waals surface area (Å²) in [6.07, 6.45) is -4.31. The number of carbonyl (C=O) groups is 1. The number of carbonyl (C=O) groups excluding carboxylic acids is 1. The number of nitrogens with one attached hydrogen (secondary N) is 2. The largest absolute Gasteiger partial charge is 0.418 e. The van der Waals surface area contributed by atoms with E-state index in [4.69, 9.17) is 0 Å². The number of alkyl halides is 3. The molecule has 1 amide bonds. The first-order valence-electron chi connectivity index (χ1n) is 9.70. The van der Waals surface area contributed by atoms with Gasteiger partial charge in [0.25, 0.3) is 11.3 Å². The third-order valence-corrected chi connectivity index (χ3v) is 5.57. The summed E-state index contributed by atoms with van der Waals surface area (Å²) in [5.41, 5.74) is 0.540. The maximum Gasteiger partial charge on any atom is 0.418 e. The van der Waals surface area contributed by atoms with E-state index < -0.39 is 23.2 Å². The van der Waals surface area contributed by atoms with Crippen molar-refractivity contribution in [2.45, 2.75) is 24.7 Å². The minimum atomic E-state index is -4.59. The quantitative estimate of drug-likeness (QED) is 0.415. The Kier molecular flexibility index (Phi) is 6.18. The second kappa shape index (κ2) is 9.06. The monoisotopic (exact) mass is 474 g/mol. The van der Waals surface area contributed by atoms with Crippen molar-refractivity contribution in [3.8, 4) is 0 Å². The van der Waals surface area contributed by atoms with Crippen LogP contribution in [0, 0.1) is 6.92 Å². The molecule has 0 bridgehead atoms. The van der Waals surface area contributed by atoms with Crippen molar-refractivity contribution in [3.63, 3.8) is 0 Å². The van der Waals surface area contributed by atoms with Gasteiger partial charge in [0.2, 0.25) is 11.1 Å². The zero-order valence-electron chi connectivity index (χ0n) is 17.2. The Morgan fingerprint density at radius 1 is 1.12 bits per heavy atom. The van der Waals surface area contributed by atoms with E-state index in [0.29, 0.717) is 0 Å². The molecule has 2 aromatic heterocycles. The highest BCUT2D eigenvalue weighted by atomic mass is 32.2. The maximum atomic E-state index is 13.1.